The average molecular weight is 568 g/mol. The highest BCUT2D eigenvalue weighted by molar-refractivity contribution is 7.99. The summed E-state index contributed by atoms with van der Waals surface area (Å²) in [5, 5.41) is 14.1. The van der Waals surface area contributed by atoms with Crippen LogP contribution in [0.5, 0.6) is 5.75 Å². The maximum atomic E-state index is 12.5. The summed E-state index contributed by atoms with van der Waals surface area (Å²) in [5.41, 5.74) is 7.44. The smallest absolute Gasteiger partial charge is 0.250 e. The molecule has 5 rings (SSSR count). The van der Waals surface area contributed by atoms with Gasteiger partial charge in [-0.15, -0.1) is 10.2 Å². The number of halogens is 1. The molecule has 0 fully saturated rings. The Kier molecular flexibility index (Phi) is 8.90. The molecule has 1 heterocycles. The summed E-state index contributed by atoms with van der Waals surface area (Å²) in [5.74, 6) is 1.30. The normalized spacial score (nSPS) is 11.1. The molecule has 0 aliphatic carbocycles. The molecule has 0 atom stereocenters. The third kappa shape index (κ3) is 7.16. The van der Waals surface area contributed by atoms with Crippen LogP contribution in [-0.4, -0.2) is 32.6 Å². The van der Waals surface area contributed by atoms with Gasteiger partial charge in [0.05, 0.1) is 12.0 Å². The van der Waals surface area contributed by atoms with Crippen LogP contribution in [0.1, 0.15) is 16.7 Å². The van der Waals surface area contributed by atoms with Gasteiger partial charge in [-0.1, -0.05) is 83.5 Å². The molecule has 1 amide bonds. The molecule has 0 spiro atoms. The molecule has 5 aromatic rings. The molecule has 0 aliphatic rings. The van der Waals surface area contributed by atoms with Gasteiger partial charge in [0.15, 0.2) is 11.0 Å². The molecule has 0 saturated carbocycles. The van der Waals surface area contributed by atoms with Crippen LogP contribution in [0.4, 0.5) is 0 Å². The Morgan fingerprint density at radius 3 is 2.40 bits per heavy atom. The first kappa shape index (κ1) is 27.2. The van der Waals surface area contributed by atoms with E-state index in [-0.39, 0.29) is 11.7 Å². The van der Waals surface area contributed by atoms with Crippen molar-refractivity contribution in [3.8, 4) is 22.8 Å². The Bertz CT molecular complexity index is 1590. The second kappa shape index (κ2) is 13.1. The first-order valence-electron chi connectivity index (χ1n) is 12.5. The molecule has 1 N–H and O–H groups in total. The van der Waals surface area contributed by atoms with Crippen molar-refractivity contribution in [2.75, 3.05) is 5.75 Å². The molecule has 0 aliphatic heterocycles. The number of hydrogen-bond donors (Lipinski definition) is 1. The number of carbonyl (C=O) groups excluding carboxylic acids is 1. The van der Waals surface area contributed by atoms with Crippen LogP contribution in [0, 0.1) is 6.92 Å². The number of nitrogens with one attached hydrogen (secondary N) is 1. The third-order valence-electron chi connectivity index (χ3n) is 5.89. The van der Waals surface area contributed by atoms with Gasteiger partial charge in [-0.3, -0.25) is 9.36 Å². The third-order valence-corrected chi connectivity index (χ3v) is 7.07. The first-order valence-corrected chi connectivity index (χ1v) is 13.9. The Balaban J connectivity index is 1.19. The standard InChI is InChI=1S/C31H26ClN5O2S/c1-22-7-11-25(12-8-22)30-35-36-31(37(30)27-15-13-26(32)14-16-27)40-21-29(38)34-33-19-23-9-17-28(18-10-23)39-20-24-5-3-2-4-6-24/h2-19H,20-21H2,1H3,(H,34,38)/b33-19+. The number of carbonyl (C=O) groups is 1. The highest BCUT2D eigenvalue weighted by Gasteiger charge is 2.17. The largest absolute Gasteiger partial charge is 0.489 e. The quantitative estimate of drug-likeness (QED) is 0.115. The van der Waals surface area contributed by atoms with Gasteiger partial charge in [-0.05, 0) is 66.6 Å². The van der Waals surface area contributed by atoms with E-state index < -0.39 is 0 Å². The fourth-order valence-electron chi connectivity index (χ4n) is 3.81. The second-order valence-corrected chi connectivity index (χ2v) is 10.3. The molecule has 0 saturated heterocycles. The second-order valence-electron chi connectivity index (χ2n) is 8.91. The van der Waals surface area contributed by atoms with Crippen LogP contribution >= 0.6 is 23.4 Å². The van der Waals surface area contributed by atoms with Gasteiger partial charge in [0.25, 0.3) is 5.91 Å². The SMILES string of the molecule is Cc1ccc(-c2nnc(SCC(=O)N/N=C/c3ccc(OCc4ccccc4)cc3)n2-c2ccc(Cl)cc2)cc1. The average Bonchev–Trinajstić information content (AvgIpc) is 3.41. The zero-order valence-electron chi connectivity index (χ0n) is 21.7. The summed E-state index contributed by atoms with van der Waals surface area (Å²) < 4.78 is 7.73. The fraction of sp³-hybridized carbons (Fsp3) is 0.0968. The van der Waals surface area contributed by atoms with Crippen molar-refractivity contribution >= 4 is 35.5 Å². The van der Waals surface area contributed by atoms with Gasteiger partial charge >= 0.3 is 0 Å². The van der Waals surface area contributed by atoms with E-state index in [1.807, 2.05) is 115 Å². The summed E-state index contributed by atoms with van der Waals surface area (Å²) in [4.78, 5) is 12.5. The van der Waals surface area contributed by atoms with E-state index in [4.69, 9.17) is 16.3 Å². The summed E-state index contributed by atoms with van der Waals surface area (Å²) >= 11 is 7.39. The monoisotopic (exact) mass is 567 g/mol. The van der Waals surface area contributed by atoms with E-state index in [0.29, 0.717) is 22.6 Å². The highest BCUT2D eigenvalue weighted by atomic mass is 35.5. The van der Waals surface area contributed by atoms with Gasteiger partial charge in [0, 0.05) is 16.3 Å². The lowest BCUT2D eigenvalue weighted by molar-refractivity contribution is -0.118. The minimum absolute atomic E-state index is 0.114. The van der Waals surface area contributed by atoms with Crippen molar-refractivity contribution in [1.29, 1.82) is 0 Å². The number of ether oxygens (including phenoxy) is 1. The summed E-state index contributed by atoms with van der Waals surface area (Å²) in [6.45, 7) is 2.53. The molecule has 7 nitrogen and oxygen atoms in total. The molecular formula is C31H26ClN5O2S. The molecule has 9 heteroatoms. The van der Waals surface area contributed by atoms with Gasteiger partial charge in [-0.25, -0.2) is 5.43 Å². The number of hydrogen-bond acceptors (Lipinski definition) is 6. The van der Waals surface area contributed by atoms with Crippen molar-refractivity contribution in [1.82, 2.24) is 20.2 Å². The minimum atomic E-state index is -0.258. The molecule has 0 bridgehead atoms. The van der Waals surface area contributed by atoms with Crippen LogP contribution in [0.3, 0.4) is 0 Å². The van der Waals surface area contributed by atoms with Crippen molar-refractivity contribution in [2.45, 2.75) is 18.7 Å². The van der Waals surface area contributed by atoms with E-state index in [2.05, 4.69) is 20.7 Å². The van der Waals surface area contributed by atoms with E-state index >= 15 is 0 Å². The molecule has 40 heavy (non-hydrogen) atoms. The topological polar surface area (TPSA) is 81.4 Å². The van der Waals surface area contributed by atoms with Crippen molar-refractivity contribution in [2.24, 2.45) is 5.10 Å². The zero-order valence-corrected chi connectivity index (χ0v) is 23.3. The Morgan fingerprint density at radius 1 is 0.950 bits per heavy atom. The van der Waals surface area contributed by atoms with Crippen LogP contribution in [0.2, 0.25) is 5.02 Å². The predicted molar refractivity (Wildman–Crippen MR) is 160 cm³/mol. The van der Waals surface area contributed by atoms with Gasteiger partial charge < -0.3 is 4.74 Å². The Hall–Kier alpha value is -4.40. The van der Waals surface area contributed by atoms with Crippen molar-refractivity contribution in [3.05, 3.63) is 125 Å². The Morgan fingerprint density at radius 2 is 1.68 bits per heavy atom. The fourth-order valence-corrected chi connectivity index (χ4v) is 4.68. The van der Waals surface area contributed by atoms with Crippen molar-refractivity contribution in [3.63, 3.8) is 0 Å². The van der Waals surface area contributed by atoms with Gasteiger partial charge in [0.2, 0.25) is 0 Å². The van der Waals surface area contributed by atoms with Gasteiger partial charge in [-0.2, -0.15) is 5.10 Å². The molecular weight excluding hydrogens is 542 g/mol. The molecule has 0 unspecified atom stereocenters. The van der Waals surface area contributed by atoms with Crippen LogP contribution in [-0.2, 0) is 11.4 Å². The summed E-state index contributed by atoms with van der Waals surface area (Å²) in [6, 6.07) is 33.0. The highest BCUT2D eigenvalue weighted by Crippen LogP contribution is 2.28. The minimum Gasteiger partial charge on any atom is -0.489 e. The number of thioether (sulfide) groups is 1. The van der Waals surface area contributed by atoms with E-state index in [0.717, 1.165) is 33.7 Å². The number of amides is 1. The number of aromatic nitrogens is 3. The number of aryl methyl sites for hydroxylation is 1. The zero-order chi connectivity index (χ0) is 27.7. The lowest BCUT2D eigenvalue weighted by Gasteiger charge is -2.10. The summed E-state index contributed by atoms with van der Waals surface area (Å²) in [7, 11) is 0. The number of hydrazone groups is 1. The molecule has 0 radical (unpaired) electrons. The van der Waals surface area contributed by atoms with Crippen LogP contribution in [0.25, 0.3) is 17.1 Å². The molecule has 1 aromatic heterocycles. The number of rotatable bonds is 10. The van der Waals surface area contributed by atoms with E-state index in [1.165, 1.54) is 11.8 Å². The van der Waals surface area contributed by atoms with E-state index in [9.17, 15) is 4.79 Å². The lowest BCUT2D eigenvalue weighted by Crippen LogP contribution is -2.20. The van der Waals surface area contributed by atoms with Crippen LogP contribution in [0.15, 0.2) is 113 Å². The molecule has 4 aromatic carbocycles. The van der Waals surface area contributed by atoms with Gasteiger partial charge in [0.1, 0.15) is 12.4 Å². The lowest BCUT2D eigenvalue weighted by atomic mass is 10.1. The maximum absolute atomic E-state index is 12.5. The number of nitrogens with zero attached hydrogens (tertiary/aromatic N) is 4. The maximum Gasteiger partial charge on any atom is 0.250 e. The van der Waals surface area contributed by atoms with E-state index in [1.54, 1.807) is 6.21 Å². The van der Waals surface area contributed by atoms with Crippen molar-refractivity contribution < 1.29 is 9.53 Å². The number of benzene rings is 4. The van der Waals surface area contributed by atoms with Crippen LogP contribution < -0.4 is 10.2 Å². The first-order chi connectivity index (χ1) is 19.5. The summed E-state index contributed by atoms with van der Waals surface area (Å²) in [6.07, 6.45) is 1.59. The predicted octanol–water partition coefficient (Wildman–Crippen LogP) is 6.72. The Labute approximate surface area is 241 Å². The molecule has 200 valence electrons.